The Morgan fingerprint density at radius 3 is 1.88 bits per heavy atom. The van der Waals surface area contributed by atoms with Gasteiger partial charge in [-0.2, -0.15) is 0 Å². The van der Waals surface area contributed by atoms with Gasteiger partial charge in [0, 0.05) is 32.0 Å². The fourth-order valence-corrected chi connectivity index (χ4v) is 9.63. The minimum absolute atomic E-state index is 0.0339. The Balaban J connectivity index is 1.13. The van der Waals surface area contributed by atoms with Gasteiger partial charge < -0.3 is 0 Å². The molecular formula is C46H34N2S. The molecule has 0 unspecified atom stereocenters. The molecule has 0 amide bonds. The van der Waals surface area contributed by atoms with Crippen molar-refractivity contribution in [2.24, 2.45) is 0 Å². The van der Waals surface area contributed by atoms with Crippen LogP contribution in [0, 0.1) is 0 Å². The van der Waals surface area contributed by atoms with E-state index in [4.69, 9.17) is 9.97 Å². The summed E-state index contributed by atoms with van der Waals surface area (Å²) in [4.78, 5) is 10.4. The average Bonchev–Trinajstić information content (AvgIpc) is 3.70. The maximum absolute atomic E-state index is 5.24. The van der Waals surface area contributed by atoms with Crippen LogP contribution in [0.5, 0.6) is 0 Å². The first-order valence-corrected chi connectivity index (χ1v) is 17.9. The largest absolute Gasteiger partial charge is 0.226 e. The Hall–Kier alpha value is -5.38. The summed E-state index contributed by atoms with van der Waals surface area (Å²) >= 11 is 1.78. The van der Waals surface area contributed by atoms with Crippen LogP contribution < -0.4 is 0 Å². The molecule has 3 heteroatoms. The molecule has 0 bridgehead atoms. The van der Waals surface area contributed by atoms with Crippen LogP contribution in [0.1, 0.15) is 49.9 Å². The summed E-state index contributed by atoms with van der Waals surface area (Å²) in [6, 6.07) is 48.8. The standard InChI is InChI=1S/C46H34N2S/c1-45(2)36-19-10-8-17-31(36)34-25-39-35(26-38(34)45)33-24-29(21-22-37(33)46(39,3)4)28-15-12-16-30(23-28)41-43-42(32-18-9-11-20-40(32)49-43)48-44(47-41)27-13-6-5-7-14-27/h5-26H,1-4H3. The van der Waals surface area contributed by atoms with Crippen molar-refractivity contribution < 1.29 is 0 Å². The van der Waals surface area contributed by atoms with Gasteiger partial charge in [0.2, 0.25) is 0 Å². The van der Waals surface area contributed by atoms with Crippen molar-refractivity contribution in [2.45, 2.75) is 38.5 Å². The number of nitrogens with zero attached hydrogens (tertiary/aromatic N) is 2. The van der Waals surface area contributed by atoms with Crippen LogP contribution in [-0.4, -0.2) is 9.97 Å². The molecule has 2 aliphatic rings. The highest BCUT2D eigenvalue weighted by atomic mass is 32.1. The summed E-state index contributed by atoms with van der Waals surface area (Å²) in [5.74, 6) is 0.756. The van der Waals surface area contributed by atoms with Crippen molar-refractivity contribution in [3.05, 3.63) is 156 Å². The van der Waals surface area contributed by atoms with E-state index in [-0.39, 0.29) is 10.8 Å². The van der Waals surface area contributed by atoms with Crippen LogP contribution in [0.4, 0.5) is 0 Å². The fourth-order valence-electron chi connectivity index (χ4n) is 8.47. The van der Waals surface area contributed by atoms with Crippen molar-refractivity contribution in [2.75, 3.05) is 0 Å². The van der Waals surface area contributed by atoms with E-state index >= 15 is 0 Å². The quantitative estimate of drug-likeness (QED) is 0.191. The van der Waals surface area contributed by atoms with Gasteiger partial charge in [0.05, 0.1) is 15.9 Å². The second kappa shape index (κ2) is 10.1. The van der Waals surface area contributed by atoms with Crippen LogP contribution in [0.3, 0.4) is 0 Å². The summed E-state index contributed by atoms with van der Waals surface area (Å²) in [5.41, 5.74) is 17.6. The molecule has 0 saturated heterocycles. The average molecular weight is 647 g/mol. The lowest BCUT2D eigenvalue weighted by atomic mass is 9.79. The molecule has 0 saturated carbocycles. The van der Waals surface area contributed by atoms with E-state index in [1.165, 1.54) is 65.7 Å². The molecule has 234 valence electrons. The summed E-state index contributed by atoms with van der Waals surface area (Å²) in [5, 5.41) is 1.18. The van der Waals surface area contributed by atoms with Gasteiger partial charge in [-0.05, 0) is 86.0 Å². The zero-order valence-electron chi connectivity index (χ0n) is 28.0. The predicted molar refractivity (Wildman–Crippen MR) is 206 cm³/mol. The van der Waals surface area contributed by atoms with Crippen LogP contribution >= 0.6 is 11.3 Å². The molecule has 0 N–H and O–H groups in total. The lowest BCUT2D eigenvalue weighted by molar-refractivity contribution is 0.652. The molecular weight excluding hydrogens is 613 g/mol. The van der Waals surface area contributed by atoms with Crippen molar-refractivity contribution >= 4 is 31.6 Å². The number of thiophene rings is 1. The highest BCUT2D eigenvalue weighted by Crippen LogP contribution is 2.56. The normalized spacial score (nSPS) is 14.9. The first-order chi connectivity index (χ1) is 23.8. The number of fused-ring (bicyclic) bond motifs is 9. The van der Waals surface area contributed by atoms with Gasteiger partial charge >= 0.3 is 0 Å². The zero-order chi connectivity index (χ0) is 33.1. The molecule has 0 fully saturated rings. The molecule has 6 aromatic carbocycles. The molecule has 2 aliphatic carbocycles. The smallest absolute Gasteiger partial charge is 0.160 e. The lowest BCUT2D eigenvalue weighted by Gasteiger charge is -2.24. The minimum atomic E-state index is -0.0800. The molecule has 10 rings (SSSR count). The molecule has 2 nitrogen and oxygen atoms in total. The molecule has 0 radical (unpaired) electrons. The molecule has 49 heavy (non-hydrogen) atoms. The van der Waals surface area contributed by atoms with Crippen molar-refractivity contribution in [1.82, 2.24) is 9.97 Å². The first-order valence-electron chi connectivity index (χ1n) is 17.1. The third kappa shape index (κ3) is 4.06. The van der Waals surface area contributed by atoms with E-state index in [2.05, 4.69) is 155 Å². The minimum Gasteiger partial charge on any atom is -0.226 e. The highest BCUT2D eigenvalue weighted by molar-refractivity contribution is 7.26. The molecule has 0 spiro atoms. The number of rotatable bonds is 3. The van der Waals surface area contributed by atoms with Crippen LogP contribution in [0.25, 0.3) is 76.3 Å². The number of hydrogen-bond acceptors (Lipinski definition) is 3. The molecule has 8 aromatic rings. The van der Waals surface area contributed by atoms with E-state index in [1.54, 1.807) is 11.3 Å². The SMILES string of the molecule is CC1(C)c2ccccc2-c2cc3c(cc21)-c1cc(-c2cccc(-c4nc(-c5ccccc5)nc5c4sc4ccccc45)c2)ccc1C3(C)C. The van der Waals surface area contributed by atoms with Gasteiger partial charge in [-0.25, -0.2) is 9.97 Å². The second-order valence-corrected chi connectivity index (χ2v) is 15.7. The number of hydrogen-bond donors (Lipinski definition) is 0. The molecule has 0 atom stereocenters. The predicted octanol–water partition coefficient (Wildman–Crippen LogP) is 12.5. The zero-order valence-corrected chi connectivity index (χ0v) is 28.8. The van der Waals surface area contributed by atoms with Crippen LogP contribution in [0.15, 0.2) is 133 Å². The lowest BCUT2D eigenvalue weighted by Crippen LogP contribution is -2.16. The number of aromatic nitrogens is 2. The maximum atomic E-state index is 5.24. The Labute approximate surface area is 290 Å². The summed E-state index contributed by atoms with van der Waals surface area (Å²) < 4.78 is 2.35. The monoisotopic (exact) mass is 646 g/mol. The van der Waals surface area contributed by atoms with Gasteiger partial charge in [-0.1, -0.05) is 131 Å². The van der Waals surface area contributed by atoms with Crippen molar-refractivity contribution in [3.8, 4) is 56.0 Å². The maximum Gasteiger partial charge on any atom is 0.160 e. The third-order valence-electron chi connectivity index (χ3n) is 11.1. The Bertz CT molecular complexity index is 2660. The van der Waals surface area contributed by atoms with Crippen LogP contribution in [-0.2, 0) is 10.8 Å². The number of benzene rings is 6. The van der Waals surface area contributed by atoms with Crippen molar-refractivity contribution in [1.29, 1.82) is 0 Å². The fraction of sp³-hybridized carbons (Fsp3) is 0.130. The van der Waals surface area contributed by atoms with Gasteiger partial charge in [0.1, 0.15) is 0 Å². The third-order valence-corrected chi connectivity index (χ3v) is 12.3. The molecule has 2 aromatic heterocycles. The van der Waals surface area contributed by atoms with E-state index in [9.17, 15) is 0 Å². The van der Waals surface area contributed by atoms with E-state index < -0.39 is 0 Å². The topological polar surface area (TPSA) is 25.8 Å². The summed E-state index contributed by atoms with van der Waals surface area (Å²) in [7, 11) is 0. The Kier molecular flexibility index (Phi) is 5.88. The van der Waals surface area contributed by atoms with E-state index in [1.807, 2.05) is 6.07 Å². The second-order valence-electron chi connectivity index (χ2n) is 14.6. The van der Waals surface area contributed by atoms with Gasteiger partial charge in [-0.3, -0.25) is 0 Å². The highest BCUT2D eigenvalue weighted by Gasteiger charge is 2.41. The van der Waals surface area contributed by atoms with Crippen molar-refractivity contribution in [3.63, 3.8) is 0 Å². The van der Waals surface area contributed by atoms with E-state index in [0.29, 0.717) is 0 Å². The summed E-state index contributed by atoms with van der Waals surface area (Å²) in [6.45, 7) is 9.51. The van der Waals surface area contributed by atoms with Gasteiger partial charge in [0.25, 0.3) is 0 Å². The van der Waals surface area contributed by atoms with Gasteiger partial charge in [0.15, 0.2) is 5.82 Å². The molecule has 2 heterocycles. The Morgan fingerprint density at radius 1 is 0.449 bits per heavy atom. The Morgan fingerprint density at radius 2 is 1.06 bits per heavy atom. The first kappa shape index (κ1) is 28.6. The summed E-state index contributed by atoms with van der Waals surface area (Å²) in [6.07, 6.45) is 0. The molecule has 0 aliphatic heterocycles. The van der Waals surface area contributed by atoms with Crippen LogP contribution in [0.2, 0.25) is 0 Å². The van der Waals surface area contributed by atoms with Gasteiger partial charge in [-0.15, -0.1) is 11.3 Å². The van der Waals surface area contributed by atoms with E-state index in [0.717, 1.165) is 32.9 Å².